The summed E-state index contributed by atoms with van der Waals surface area (Å²) in [5.41, 5.74) is 0. The fraction of sp³-hybridized carbons (Fsp3) is 1.00. The van der Waals surface area contributed by atoms with Crippen molar-refractivity contribution in [1.29, 1.82) is 0 Å². The third kappa shape index (κ3) is 11.6. The smallest absolute Gasteiger partial charge is 0.377 e. The summed E-state index contributed by atoms with van der Waals surface area (Å²) < 4.78 is 9.89. The van der Waals surface area contributed by atoms with Crippen molar-refractivity contribution in [3.63, 3.8) is 0 Å². The van der Waals surface area contributed by atoms with Crippen LogP contribution in [0.25, 0.3) is 0 Å². The summed E-state index contributed by atoms with van der Waals surface area (Å²) in [5, 5.41) is 0. The molecule has 0 atom stereocenters. The Morgan fingerprint density at radius 2 is 1.00 bits per heavy atom. The third-order valence-electron chi connectivity index (χ3n) is 0.744. The van der Waals surface area contributed by atoms with Gasteiger partial charge in [-0.1, -0.05) is 0 Å². The maximum Gasteiger partial charge on any atom is 0.450 e. The molecule has 0 unspecified atom stereocenters. The molecule has 0 aromatic rings. The predicted octanol–water partition coefficient (Wildman–Crippen LogP) is 1.72. The van der Waals surface area contributed by atoms with E-state index in [0.29, 0.717) is 0 Å². The summed E-state index contributed by atoms with van der Waals surface area (Å²) >= 11 is 14.4. The summed E-state index contributed by atoms with van der Waals surface area (Å²) in [7, 11) is 0. The van der Waals surface area contributed by atoms with Gasteiger partial charge in [-0.3, -0.25) is 0 Å². The molecule has 2 nitrogen and oxygen atoms in total. The fourth-order valence-corrected chi connectivity index (χ4v) is 0.440. The van der Waals surface area contributed by atoms with Crippen LogP contribution in [-0.4, -0.2) is 31.4 Å². The molecule has 1 aliphatic heterocycles. The highest BCUT2D eigenvalue weighted by molar-refractivity contribution is 7.54. The topological polar surface area (TPSA) is 18.5 Å². The van der Waals surface area contributed by atoms with Crippen LogP contribution in [0.2, 0.25) is 0 Å². The highest BCUT2D eigenvalue weighted by Crippen LogP contribution is 1.97. The molecule has 10 heavy (non-hydrogen) atoms. The van der Waals surface area contributed by atoms with Crippen molar-refractivity contribution >= 4 is 39.3 Å². The summed E-state index contributed by atoms with van der Waals surface area (Å²) in [6.45, 7) is 3.11. The first-order valence-electron chi connectivity index (χ1n) is 2.81. The van der Waals surface area contributed by atoms with E-state index in [-0.39, 0.29) is 0 Å². The van der Waals surface area contributed by atoms with Gasteiger partial charge in [0.2, 0.25) is 0 Å². The van der Waals surface area contributed by atoms with E-state index >= 15 is 0 Å². The molecule has 60 valence electrons. The Labute approximate surface area is 75.5 Å². The molecule has 0 bridgehead atoms. The van der Waals surface area contributed by atoms with E-state index in [1.165, 1.54) is 0 Å². The first kappa shape index (κ1) is 10.9. The second-order valence-electron chi connectivity index (χ2n) is 1.47. The van der Waals surface area contributed by atoms with Crippen LogP contribution in [0.15, 0.2) is 0 Å². The van der Waals surface area contributed by atoms with Gasteiger partial charge in [0.05, 0.1) is 26.4 Å². The Hall–Kier alpha value is 0.855. The SMILES string of the molecule is C1COCCO1.ClB(Cl)Cl. The van der Waals surface area contributed by atoms with Crippen LogP contribution in [0, 0.1) is 0 Å². The van der Waals surface area contributed by atoms with Gasteiger partial charge in [0.25, 0.3) is 0 Å². The van der Waals surface area contributed by atoms with Gasteiger partial charge in [-0.05, 0) is 0 Å². The summed E-state index contributed by atoms with van der Waals surface area (Å²) in [4.78, 5) is -0.750. The second-order valence-corrected chi connectivity index (χ2v) is 3.45. The monoisotopic (exact) mass is 204 g/mol. The van der Waals surface area contributed by atoms with Crippen LogP contribution < -0.4 is 0 Å². The van der Waals surface area contributed by atoms with Gasteiger partial charge in [0, 0.05) is 0 Å². The Bertz CT molecular complexity index is 55.3. The summed E-state index contributed by atoms with van der Waals surface area (Å²) in [5.74, 6) is 0. The molecule has 0 amide bonds. The number of hydrogen-bond acceptors (Lipinski definition) is 2. The van der Waals surface area contributed by atoms with Crippen LogP contribution in [0.4, 0.5) is 0 Å². The molecule has 1 fully saturated rings. The quantitative estimate of drug-likeness (QED) is 0.561. The van der Waals surface area contributed by atoms with E-state index in [4.69, 9.17) is 43.9 Å². The predicted molar refractivity (Wildman–Crippen MR) is 45.0 cm³/mol. The van der Waals surface area contributed by atoms with Crippen molar-refractivity contribution in [3.8, 4) is 0 Å². The number of ether oxygens (including phenoxy) is 2. The van der Waals surface area contributed by atoms with Gasteiger partial charge in [-0.25, -0.2) is 0 Å². The van der Waals surface area contributed by atoms with Crippen molar-refractivity contribution in [3.05, 3.63) is 0 Å². The Morgan fingerprint density at radius 1 is 0.800 bits per heavy atom. The highest BCUT2D eigenvalue weighted by Gasteiger charge is 1.94. The zero-order chi connectivity index (χ0) is 7.82. The minimum absolute atomic E-state index is 0.750. The van der Waals surface area contributed by atoms with Gasteiger partial charge in [-0.2, -0.15) is 34.4 Å². The second kappa shape index (κ2) is 7.96. The van der Waals surface area contributed by atoms with Gasteiger partial charge in [0.15, 0.2) is 0 Å². The van der Waals surface area contributed by atoms with Crippen LogP contribution in [-0.2, 0) is 9.47 Å². The molecule has 1 saturated heterocycles. The molecule has 1 heterocycles. The minimum atomic E-state index is -0.750. The molecular weight excluding hydrogens is 197 g/mol. The first-order chi connectivity index (χ1) is 4.73. The fourth-order valence-electron chi connectivity index (χ4n) is 0.440. The van der Waals surface area contributed by atoms with Crippen LogP contribution >= 0.6 is 34.4 Å². The van der Waals surface area contributed by atoms with Crippen molar-refractivity contribution < 1.29 is 9.47 Å². The highest BCUT2D eigenvalue weighted by atomic mass is 35.6. The van der Waals surface area contributed by atoms with Crippen LogP contribution in [0.5, 0.6) is 0 Å². The van der Waals surface area contributed by atoms with Crippen molar-refractivity contribution in [2.45, 2.75) is 0 Å². The van der Waals surface area contributed by atoms with Crippen molar-refractivity contribution in [1.82, 2.24) is 0 Å². The average molecular weight is 205 g/mol. The molecule has 0 radical (unpaired) electrons. The van der Waals surface area contributed by atoms with Crippen LogP contribution in [0.3, 0.4) is 0 Å². The Kier molecular flexibility index (Phi) is 8.64. The lowest BCUT2D eigenvalue weighted by Crippen LogP contribution is -2.16. The van der Waals surface area contributed by atoms with E-state index in [1.54, 1.807) is 0 Å². The molecule has 0 N–H and O–H groups in total. The molecule has 1 aliphatic rings. The zero-order valence-corrected chi connectivity index (χ0v) is 7.62. The number of halogens is 3. The number of hydrogen-bond donors (Lipinski definition) is 0. The molecule has 0 spiro atoms. The lowest BCUT2D eigenvalue weighted by Gasteiger charge is -2.09. The molecular formula is C4H8BCl3O2. The number of rotatable bonds is 0. The first-order valence-corrected chi connectivity index (χ1v) is 4.12. The van der Waals surface area contributed by atoms with Gasteiger partial charge < -0.3 is 9.47 Å². The average Bonchev–Trinajstić information content (AvgIpc) is 1.90. The van der Waals surface area contributed by atoms with Crippen molar-refractivity contribution in [2.75, 3.05) is 26.4 Å². The molecule has 0 aromatic carbocycles. The zero-order valence-electron chi connectivity index (χ0n) is 5.36. The van der Waals surface area contributed by atoms with E-state index in [2.05, 4.69) is 0 Å². The Morgan fingerprint density at radius 3 is 1.10 bits per heavy atom. The molecule has 6 heteroatoms. The van der Waals surface area contributed by atoms with Gasteiger partial charge in [-0.15, -0.1) is 0 Å². The standard InChI is InChI=1S/C4H8O2.BCl3/c1-2-6-4-3-5-1;2-1(3)4/h1-4H2;. The molecule has 0 saturated carbocycles. The van der Waals surface area contributed by atoms with Gasteiger partial charge in [0.1, 0.15) is 0 Å². The summed E-state index contributed by atoms with van der Waals surface area (Å²) in [6, 6.07) is 0. The lowest BCUT2D eigenvalue weighted by molar-refractivity contribution is -0.0334. The van der Waals surface area contributed by atoms with E-state index < -0.39 is 4.96 Å². The van der Waals surface area contributed by atoms with Crippen molar-refractivity contribution in [2.24, 2.45) is 0 Å². The van der Waals surface area contributed by atoms with Crippen LogP contribution in [0.1, 0.15) is 0 Å². The molecule has 0 aromatic heterocycles. The lowest BCUT2D eigenvalue weighted by atomic mass is 10.6. The van der Waals surface area contributed by atoms with E-state index in [1.807, 2.05) is 0 Å². The normalized spacial score (nSPS) is 17.1. The molecule has 1 rings (SSSR count). The largest absolute Gasteiger partial charge is 0.450 e. The minimum Gasteiger partial charge on any atom is -0.377 e. The third-order valence-corrected chi connectivity index (χ3v) is 0.744. The maximum absolute atomic E-state index is 4.94. The summed E-state index contributed by atoms with van der Waals surface area (Å²) in [6.07, 6.45) is 0. The molecule has 0 aliphatic carbocycles. The van der Waals surface area contributed by atoms with E-state index in [9.17, 15) is 0 Å². The Balaban J connectivity index is 0.000000180. The van der Waals surface area contributed by atoms with E-state index in [0.717, 1.165) is 26.4 Å². The maximum atomic E-state index is 4.94. The van der Waals surface area contributed by atoms with Gasteiger partial charge >= 0.3 is 4.96 Å².